The lowest BCUT2D eigenvalue weighted by Gasteiger charge is -2.10. The molecule has 1 saturated heterocycles. The van der Waals surface area contributed by atoms with Crippen molar-refractivity contribution in [2.45, 2.75) is 25.5 Å². The van der Waals surface area contributed by atoms with Crippen molar-refractivity contribution in [1.82, 2.24) is 15.5 Å². The molecule has 2 aromatic rings. The van der Waals surface area contributed by atoms with Crippen molar-refractivity contribution in [2.75, 3.05) is 18.5 Å². The first-order chi connectivity index (χ1) is 11.7. The van der Waals surface area contributed by atoms with Crippen molar-refractivity contribution in [2.24, 2.45) is 0 Å². The van der Waals surface area contributed by atoms with Gasteiger partial charge in [0.15, 0.2) is 5.69 Å². The molecule has 0 aliphatic carbocycles. The van der Waals surface area contributed by atoms with Crippen LogP contribution in [-0.2, 0) is 11.3 Å². The van der Waals surface area contributed by atoms with Gasteiger partial charge in [-0.05, 0) is 42.7 Å². The Hall–Kier alpha value is -2.54. The predicted molar refractivity (Wildman–Crippen MR) is 87.1 cm³/mol. The highest BCUT2D eigenvalue weighted by molar-refractivity contribution is 5.92. The molecular formula is C17H19FN4O2. The number of anilines is 1. The molecule has 2 N–H and O–H groups in total. The van der Waals surface area contributed by atoms with Crippen molar-refractivity contribution in [3.63, 3.8) is 0 Å². The topological polar surface area (TPSA) is 76.1 Å². The van der Waals surface area contributed by atoms with E-state index >= 15 is 0 Å². The summed E-state index contributed by atoms with van der Waals surface area (Å²) in [5, 5.41) is 13.8. The average Bonchev–Trinajstić information content (AvgIpc) is 3.13. The summed E-state index contributed by atoms with van der Waals surface area (Å²) in [4.78, 5) is 12.0. The Morgan fingerprint density at radius 3 is 2.71 bits per heavy atom. The lowest BCUT2D eigenvalue weighted by atomic mass is 10.2. The minimum Gasteiger partial charge on any atom is -0.376 e. The van der Waals surface area contributed by atoms with E-state index in [1.54, 1.807) is 24.3 Å². The molecule has 0 saturated carbocycles. The van der Waals surface area contributed by atoms with Crippen molar-refractivity contribution in [3.05, 3.63) is 53.5 Å². The summed E-state index contributed by atoms with van der Waals surface area (Å²) in [6, 6.07) is 9.52. The SMILES string of the molecule is O=C(NCC1CCCO1)c1ccc(NCc2ccc(F)cc2)nn1. The predicted octanol–water partition coefficient (Wildman–Crippen LogP) is 2.14. The van der Waals surface area contributed by atoms with Gasteiger partial charge >= 0.3 is 0 Å². The van der Waals surface area contributed by atoms with Crippen LogP contribution in [0.15, 0.2) is 36.4 Å². The number of aromatic nitrogens is 2. The molecule has 1 atom stereocenters. The van der Waals surface area contributed by atoms with Crippen LogP contribution in [0, 0.1) is 5.82 Å². The van der Waals surface area contributed by atoms with E-state index in [1.165, 1.54) is 12.1 Å². The first-order valence-corrected chi connectivity index (χ1v) is 7.92. The van der Waals surface area contributed by atoms with Gasteiger partial charge in [0.1, 0.15) is 11.6 Å². The van der Waals surface area contributed by atoms with Gasteiger partial charge in [0.25, 0.3) is 5.91 Å². The number of hydrogen-bond donors (Lipinski definition) is 2. The number of nitrogens with zero attached hydrogens (tertiary/aromatic N) is 2. The third-order valence-corrected chi connectivity index (χ3v) is 3.80. The number of hydrogen-bond acceptors (Lipinski definition) is 5. The molecule has 1 unspecified atom stereocenters. The van der Waals surface area contributed by atoms with Crippen molar-refractivity contribution >= 4 is 11.7 Å². The third kappa shape index (κ3) is 4.48. The average molecular weight is 330 g/mol. The van der Waals surface area contributed by atoms with E-state index < -0.39 is 0 Å². The summed E-state index contributed by atoms with van der Waals surface area (Å²) >= 11 is 0. The van der Waals surface area contributed by atoms with E-state index in [4.69, 9.17) is 4.74 Å². The number of carbonyl (C=O) groups is 1. The molecule has 3 rings (SSSR count). The normalized spacial score (nSPS) is 16.8. The van der Waals surface area contributed by atoms with Gasteiger partial charge in [0.2, 0.25) is 0 Å². The molecule has 24 heavy (non-hydrogen) atoms. The monoisotopic (exact) mass is 330 g/mol. The molecule has 1 amide bonds. The Balaban J connectivity index is 1.48. The molecule has 6 nitrogen and oxygen atoms in total. The number of halogens is 1. The van der Waals surface area contributed by atoms with Crippen LogP contribution in [-0.4, -0.2) is 35.4 Å². The lowest BCUT2D eigenvalue weighted by molar-refractivity contribution is 0.0853. The van der Waals surface area contributed by atoms with Crippen LogP contribution in [0.3, 0.4) is 0 Å². The number of ether oxygens (including phenoxy) is 1. The zero-order valence-corrected chi connectivity index (χ0v) is 13.2. The summed E-state index contributed by atoms with van der Waals surface area (Å²) in [5.74, 6) is 0.0231. The Morgan fingerprint density at radius 2 is 2.04 bits per heavy atom. The van der Waals surface area contributed by atoms with E-state index in [2.05, 4.69) is 20.8 Å². The Bertz CT molecular complexity index is 670. The minimum absolute atomic E-state index is 0.0959. The highest BCUT2D eigenvalue weighted by atomic mass is 19.1. The lowest BCUT2D eigenvalue weighted by Crippen LogP contribution is -2.32. The van der Waals surface area contributed by atoms with E-state index in [0.29, 0.717) is 18.9 Å². The largest absolute Gasteiger partial charge is 0.376 e. The summed E-state index contributed by atoms with van der Waals surface area (Å²) in [7, 11) is 0. The minimum atomic E-state index is -0.267. The zero-order valence-electron chi connectivity index (χ0n) is 13.2. The highest BCUT2D eigenvalue weighted by Crippen LogP contribution is 2.11. The van der Waals surface area contributed by atoms with Gasteiger partial charge in [-0.15, -0.1) is 10.2 Å². The molecule has 7 heteroatoms. The van der Waals surface area contributed by atoms with Gasteiger partial charge in [-0.3, -0.25) is 4.79 Å². The van der Waals surface area contributed by atoms with Crippen LogP contribution >= 0.6 is 0 Å². The number of benzene rings is 1. The standard InChI is InChI=1S/C17H19FN4O2/c18-13-5-3-12(4-6-13)10-19-16-8-7-15(21-22-16)17(23)20-11-14-2-1-9-24-14/h3-8,14H,1-2,9-11H2,(H,19,22)(H,20,23). The van der Waals surface area contributed by atoms with Gasteiger partial charge in [-0.25, -0.2) is 4.39 Å². The van der Waals surface area contributed by atoms with E-state index in [0.717, 1.165) is 25.0 Å². The third-order valence-electron chi connectivity index (χ3n) is 3.80. The first kappa shape index (κ1) is 16.3. The van der Waals surface area contributed by atoms with Crippen LogP contribution in [0.1, 0.15) is 28.9 Å². The van der Waals surface area contributed by atoms with Gasteiger partial charge in [-0.1, -0.05) is 12.1 Å². The highest BCUT2D eigenvalue weighted by Gasteiger charge is 2.17. The van der Waals surface area contributed by atoms with Crippen molar-refractivity contribution in [3.8, 4) is 0 Å². The molecular weight excluding hydrogens is 311 g/mol. The maximum Gasteiger partial charge on any atom is 0.271 e. The Kier molecular flexibility index (Phi) is 5.32. The molecule has 0 bridgehead atoms. The molecule has 1 fully saturated rings. The molecule has 0 spiro atoms. The first-order valence-electron chi connectivity index (χ1n) is 7.92. The van der Waals surface area contributed by atoms with Crippen LogP contribution < -0.4 is 10.6 Å². The van der Waals surface area contributed by atoms with Crippen molar-refractivity contribution < 1.29 is 13.9 Å². The van der Waals surface area contributed by atoms with Crippen LogP contribution in [0.4, 0.5) is 10.2 Å². The molecule has 126 valence electrons. The summed E-state index contributed by atoms with van der Waals surface area (Å²) in [5.41, 5.74) is 1.19. The molecule has 1 aromatic carbocycles. The molecule has 1 aliphatic heterocycles. The second-order valence-corrected chi connectivity index (χ2v) is 5.63. The molecule has 2 heterocycles. The summed E-state index contributed by atoms with van der Waals surface area (Å²) < 4.78 is 18.3. The summed E-state index contributed by atoms with van der Waals surface area (Å²) in [6.45, 7) is 1.75. The molecule has 1 aliphatic rings. The van der Waals surface area contributed by atoms with Gasteiger partial charge < -0.3 is 15.4 Å². The van der Waals surface area contributed by atoms with Gasteiger partial charge in [0.05, 0.1) is 6.10 Å². The second-order valence-electron chi connectivity index (χ2n) is 5.63. The van der Waals surface area contributed by atoms with Crippen LogP contribution in [0.5, 0.6) is 0 Å². The maximum absolute atomic E-state index is 12.8. The van der Waals surface area contributed by atoms with E-state index in [9.17, 15) is 9.18 Å². The number of nitrogens with one attached hydrogen (secondary N) is 2. The van der Waals surface area contributed by atoms with Gasteiger partial charge in [0, 0.05) is 19.7 Å². The Morgan fingerprint density at radius 1 is 1.21 bits per heavy atom. The molecule has 0 radical (unpaired) electrons. The fourth-order valence-electron chi connectivity index (χ4n) is 2.44. The fraction of sp³-hybridized carbons (Fsp3) is 0.353. The van der Waals surface area contributed by atoms with Gasteiger partial charge in [-0.2, -0.15) is 0 Å². The second kappa shape index (κ2) is 7.83. The smallest absolute Gasteiger partial charge is 0.271 e. The van der Waals surface area contributed by atoms with E-state index in [1.807, 2.05) is 0 Å². The van der Waals surface area contributed by atoms with Crippen LogP contribution in [0.25, 0.3) is 0 Å². The van der Waals surface area contributed by atoms with Crippen LogP contribution in [0.2, 0.25) is 0 Å². The fourth-order valence-corrected chi connectivity index (χ4v) is 2.44. The number of amides is 1. The van der Waals surface area contributed by atoms with Crippen molar-refractivity contribution in [1.29, 1.82) is 0 Å². The summed E-state index contributed by atoms with van der Waals surface area (Å²) in [6.07, 6.45) is 2.10. The quantitative estimate of drug-likeness (QED) is 0.849. The number of rotatable bonds is 6. The Labute approximate surface area is 139 Å². The zero-order chi connectivity index (χ0) is 16.8. The number of carbonyl (C=O) groups excluding carboxylic acids is 1. The maximum atomic E-state index is 12.8. The molecule has 1 aromatic heterocycles. The van der Waals surface area contributed by atoms with E-state index in [-0.39, 0.29) is 23.5 Å².